The van der Waals surface area contributed by atoms with Crippen LogP contribution in [0.1, 0.15) is 33.1 Å². The molecule has 1 heterocycles. The van der Waals surface area contributed by atoms with Crippen LogP contribution in [0.2, 0.25) is 0 Å². The monoisotopic (exact) mass is 400 g/mol. The highest BCUT2D eigenvalue weighted by atomic mass is 35.5. The SMILES string of the molecule is COCCCNC(=O)C(C)N1CCN(C(=O)CCC(C)N)CC1.Cl.Cl. The van der Waals surface area contributed by atoms with Gasteiger partial charge in [-0.05, 0) is 26.7 Å². The topological polar surface area (TPSA) is 87.9 Å². The summed E-state index contributed by atoms with van der Waals surface area (Å²) >= 11 is 0. The molecule has 2 unspecified atom stereocenters. The average Bonchev–Trinajstić information content (AvgIpc) is 2.55. The van der Waals surface area contributed by atoms with Crippen molar-refractivity contribution >= 4 is 36.6 Å². The maximum absolute atomic E-state index is 12.1. The first kappa shape index (κ1) is 26.6. The van der Waals surface area contributed by atoms with Gasteiger partial charge in [-0.15, -0.1) is 24.8 Å². The van der Waals surface area contributed by atoms with Gasteiger partial charge in [0.2, 0.25) is 11.8 Å². The lowest BCUT2D eigenvalue weighted by molar-refractivity contribution is -0.134. The number of nitrogens with two attached hydrogens (primary N) is 1. The first-order valence-corrected chi connectivity index (χ1v) is 8.49. The smallest absolute Gasteiger partial charge is 0.237 e. The fraction of sp³-hybridized carbons (Fsp3) is 0.875. The van der Waals surface area contributed by atoms with Crippen molar-refractivity contribution in [1.29, 1.82) is 0 Å². The Balaban J connectivity index is 0. The van der Waals surface area contributed by atoms with E-state index in [0.717, 1.165) is 25.9 Å². The molecule has 9 heteroatoms. The first-order valence-electron chi connectivity index (χ1n) is 8.49. The van der Waals surface area contributed by atoms with Crippen LogP contribution in [-0.2, 0) is 14.3 Å². The minimum absolute atomic E-state index is 0. The highest BCUT2D eigenvalue weighted by Crippen LogP contribution is 2.09. The van der Waals surface area contributed by atoms with E-state index in [1.165, 1.54) is 0 Å². The number of carbonyl (C=O) groups excluding carboxylic acids is 2. The molecule has 0 aromatic carbocycles. The molecule has 1 fully saturated rings. The van der Waals surface area contributed by atoms with Gasteiger partial charge in [-0.2, -0.15) is 0 Å². The van der Waals surface area contributed by atoms with Crippen LogP contribution < -0.4 is 11.1 Å². The molecule has 0 aromatic rings. The van der Waals surface area contributed by atoms with Crippen molar-refractivity contribution in [3.63, 3.8) is 0 Å². The Hall–Kier alpha value is -0.600. The lowest BCUT2D eigenvalue weighted by Crippen LogP contribution is -2.55. The Labute approximate surface area is 163 Å². The third-order valence-corrected chi connectivity index (χ3v) is 4.23. The molecule has 25 heavy (non-hydrogen) atoms. The predicted octanol–water partition coefficient (Wildman–Crippen LogP) is 0.643. The van der Waals surface area contributed by atoms with Crippen molar-refractivity contribution in [1.82, 2.24) is 15.1 Å². The van der Waals surface area contributed by atoms with Gasteiger partial charge >= 0.3 is 0 Å². The summed E-state index contributed by atoms with van der Waals surface area (Å²) in [7, 11) is 1.65. The minimum Gasteiger partial charge on any atom is -0.385 e. The van der Waals surface area contributed by atoms with Gasteiger partial charge in [0.05, 0.1) is 6.04 Å². The van der Waals surface area contributed by atoms with Crippen LogP contribution >= 0.6 is 24.8 Å². The largest absolute Gasteiger partial charge is 0.385 e. The number of hydrogen-bond acceptors (Lipinski definition) is 5. The van der Waals surface area contributed by atoms with E-state index in [2.05, 4.69) is 10.2 Å². The zero-order chi connectivity index (χ0) is 17.2. The Bertz CT molecular complexity index is 378. The van der Waals surface area contributed by atoms with Gasteiger partial charge in [0, 0.05) is 58.9 Å². The summed E-state index contributed by atoms with van der Waals surface area (Å²) in [6.45, 7) is 7.94. The van der Waals surface area contributed by atoms with Gasteiger partial charge in [0.15, 0.2) is 0 Å². The summed E-state index contributed by atoms with van der Waals surface area (Å²) in [4.78, 5) is 28.2. The molecular weight excluding hydrogens is 367 g/mol. The van der Waals surface area contributed by atoms with Crippen molar-refractivity contribution < 1.29 is 14.3 Å². The van der Waals surface area contributed by atoms with E-state index in [1.807, 2.05) is 18.7 Å². The molecule has 0 spiro atoms. The van der Waals surface area contributed by atoms with Gasteiger partial charge in [-0.1, -0.05) is 0 Å². The fourth-order valence-electron chi connectivity index (χ4n) is 2.61. The molecule has 2 atom stereocenters. The van der Waals surface area contributed by atoms with Crippen molar-refractivity contribution in [3.8, 4) is 0 Å². The maximum atomic E-state index is 12.1. The maximum Gasteiger partial charge on any atom is 0.237 e. The second-order valence-electron chi connectivity index (χ2n) is 6.25. The fourth-order valence-corrected chi connectivity index (χ4v) is 2.61. The molecular formula is C16H34Cl2N4O3. The molecule has 1 aliphatic rings. The number of nitrogens with zero attached hydrogens (tertiary/aromatic N) is 2. The third kappa shape index (κ3) is 10.2. The number of amides is 2. The van der Waals surface area contributed by atoms with E-state index in [-0.39, 0.29) is 48.7 Å². The van der Waals surface area contributed by atoms with Gasteiger partial charge in [-0.3, -0.25) is 14.5 Å². The van der Waals surface area contributed by atoms with Crippen LogP contribution in [0.5, 0.6) is 0 Å². The zero-order valence-corrected chi connectivity index (χ0v) is 17.2. The number of carbonyl (C=O) groups is 2. The predicted molar refractivity (Wildman–Crippen MR) is 104 cm³/mol. The minimum atomic E-state index is -0.168. The zero-order valence-electron chi connectivity index (χ0n) is 15.5. The molecule has 7 nitrogen and oxygen atoms in total. The van der Waals surface area contributed by atoms with Gasteiger partial charge in [0.25, 0.3) is 0 Å². The lowest BCUT2D eigenvalue weighted by Gasteiger charge is -2.37. The van der Waals surface area contributed by atoms with E-state index in [0.29, 0.717) is 32.7 Å². The molecule has 150 valence electrons. The Morgan fingerprint density at radius 1 is 1.16 bits per heavy atom. The van der Waals surface area contributed by atoms with E-state index in [1.54, 1.807) is 7.11 Å². The molecule has 0 saturated carbocycles. The molecule has 0 aromatic heterocycles. The number of nitrogens with one attached hydrogen (secondary N) is 1. The third-order valence-electron chi connectivity index (χ3n) is 4.23. The number of rotatable bonds is 9. The summed E-state index contributed by atoms with van der Waals surface area (Å²) in [5, 5.41) is 2.93. The Morgan fingerprint density at radius 2 is 1.76 bits per heavy atom. The standard InChI is InChI=1S/C16H32N4O3.2ClH/c1-13(17)5-6-15(21)20-10-8-19(9-11-20)14(2)16(22)18-7-4-12-23-3;;/h13-14H,4-12,17H2,1-3H3,(H,18,22);2*1H. The van der Waals surface area contributed by atoms with Crippen molar-refractivity contribution in [2.75, 3.05) is 46.4 Å². The van der Waals surface area contributed by atoms with E-state index < -0.39 is 0 Å². The number of hydrogen-bond donors (Lipinski definition) is 2. The molecule has 0 bridgehead atoms. The number of methoxy groups -OCH3 is 1. The molecule has 1 aliphatic heterocycles. The molecule has 0 radical (unpaired) electrons. The van der Waals surface area contributed by atoms with E-state index in [4.69, 9.17) is 10.5 Å². The Morgan fingerprint density at radius 3 is 2.28 bits per heavy atom. The highest BCUT2D eigenvalue weighted by molar-refractivity contribution is 5.85. The molecule has 1 saturated heterocycles. The van der Waals surface area contributed by atoms with Gasteiger partial charge in [-0.25, -0.2) is 0 Å². The molecule has 3 N–H and O–H groups in total. The van der Waals surface area contributed by atoms with Gasteiger partial charge < -0.3 is 20.7 Å². The highest BCUT2D eigenvalue weighted by Gasteiger charge is 2.27. The van der Waals surface area contributed by atoms with E-state index >= 15 is 0 Å². The summed E-state index contributed by atoms with van der Waals surface area (Å²) in [6.07, 6.45) is 2.04. The number of ether oxygens (including phenoxy) is 1. The van der Waals surface area contributed by atoms with Crippen LogP contribution in [0.3, 0.4) is 0 Å². The Kier molecular flexibility index (Phi) is 15.5. The van der Waals surface area contributed by atoms with Gasteiger partial charge in [0.1, 0.15) is 0 Å². The average molecular weight is 401 g/mol. The number of halogens is 2. The van der Waals surface area contributed by atoms with Crippen LogP contribution in [0, 0.1) is 0 Å². The molecule has 0 aliphatic carbocycles. The molecule has 1 rings (SSSR count). The van der Waals surface area contributed by atoms with Crippen LogP contribution in [0.15, 0.2) is 0 Å². The quantitative estimate of drug-likeness (QED) is 0.554. The summed E-state index contributed by atoms with van der Waals surface area (Å²) in [5.74, 6) is 0.205. The second-order valence-corrected chi connectivity index (χ2v) is 6.25. The second kappa shape index (κ2) is 14.6. The van der Waals surface area contributed by atoms with E-state index in [9.17, 15) is 9.59 Å². The van der Waals surface area contributed by atoms with Crippen LogP contribution in [0.25, 0.3) is 0 Å². The number of piperazine rings is 1. The lowest BCUT2D eigenvalue weighted by atomic mass is 10.1. The van der Waals surface area contributed by atoms with Crippen LogP contribution in [0.4, 0.5) is 0 Å². The van der Waals surface area contributed by atoms with Crippen molar-refractivity contribution in [2.45, 2.75) is 45.2 Å². The van der Waals surface area contributed by atoms with Crippen molar-refractivity contribution in [2.24, 2.45) is 5.73 Å². The van der Waals surface area contributed by atoms with Crippen molar-refractivity contribution in [3.05, 3.63) is 0 Å². The normalized spacial score (nSPS) is 17.0. The first-order chi connectivity index (χ1) is 11.0. The molecule has 2 amide bonds. The summed E-state index contributed by atoms with van der Waals surface area (Å²) < 4.78 is 4.96. The summed E-state index contributed by atoms with van der Waals surface area (Å²) in [5.41, 5.74) is 5.69. The summed E-state index contributed by atoms with van der Waals surface area (Å²) in [6, 6.07) is -0.110. The van der Waals surface area contributed by atoms with Crippen LogP contribution in [-0.4, -0.2) is 80.1 Å².